The number of aliphatic hydroxyl groups is 2. The zero-order valence-corrected chi connectivity index (χ0v) is 8.69. The van der Waals surface area contributed by atoms with Crippen molar-refractivity contribution >= 4 is 0 Å². The van der Waals surface area contributed by atoms with E-state index in [1.54, 1.807) is 0 Å². The molecule has 0 spiro atoms. The van der Waals surface area contributed by atoms with Gasteiger partial charge in [0, 0.05) is 19.6 Å². The van der Waals surface area contributed by atoms with E-state index < -0.39 is 12.4 Å². The number of nitrogens with two attached hydrogens (primary N) is 1. The molecule has 0 radical (unpaired) electrons. The molecule has 5 nitrogen and oxygen atoms in total. The zero-order valence-electron chi connectivity index (χ0n) is 8.69. The third-order valence-electron chi connectivity index (χ3n) is 1.60. The van der Waals surface area contributed by atoms with E-state index >= 15 is 0 Å². The van der Waals surface area contributed by atoms with Crippen LogP contribution in [0.3, 0.4) is 0 Å². The average Bonchev–Trinajstić information content (AvgIpc) is 2.21. The Kier molecular flexibility index (Phi) is 9.23. The third-order valence-corrected chi connectivity index (χ3v) is 1.60. The standard InChI is InChI=1S/C9H21NO4/c1-2-4-13-9(14-5-3-10)6-8(12)7-11/h8-9,11-12H,2-7,10H2,1H3. The molecule has 2 unspecified atom stereocenters. The molecule has 0 saturated heterocycles. The molecule has 0 rings (SSSR count). The van der Waals surface area contributed by atoms with Crippen LogP contribution in [0, 0.1) is 0 Å². The van der Waals surface area contributed by atoms with Crippen molar-refractivity contribution in [1.82, 2.24) is 0 Å². The van der Waals surface area contributed by atoms with E-state index in [-0.39, 0.29) is 13.0 Å². The molecule has 0 aliphatic carbocycles. The SMILES string of the molecule is CCCOC(CC(O)CO)OCCN. The molecule has 86 valence electrons. The van der Waals surface area contributed by atoms with Crippen LogP contribution in [0.25, 0.3) is 0 Å². The minimum atomic E-state index is -0.797. The molecular weight excluding hydrogens is 186 g/mol. The van der Waals surface area contributed by atoms with E-state index in [1.165, 1.54) is 0 Å². The first-order valence-electron chi connectivity index (χ1n) is 4.96. The quantitative estimate of drug-likeness (QED) is 0.442. The third kappa shape index (κ3) is 7.23. The van der Waals surface area contributed by atoms with Crippen LogP contribution in [0.1, 0.15) is 19.8 Å². The van der Waals surface area contributed by atoms with Crippen LogP contribution in [0.4, 0.5) is 0 Å². The van der Waals surface area contributed by atoms with E-state index in [2.05, 4.69) is 0 Å². The number of hydrogen-bond acceptors (Lipinski definition) is 5. The van der Waals surface area contributed by atoms with Crippen molar-refractivity contribution in [2.24, 2.45) is 5.73 Å². The number of hydrogen-bond donors (Lipinski definition) is 3. The first-order valence-corrected chi connectivity index (χ1v) is 4.96. The molecule has 0 aromatic heterocycles. The fourth-order valence-electron chi connectivity index (χ4n) is 0.930. The largest absolute Gasteiger partial charge is 0.394 e. The first-order chi connectivity index (χ1) is 6.74. The van der Waals surface area contributed by atoms with E-state index in [0.717, 1.165) is 6.42 Å². The Labute approximate surface area is 84.8 Å². The Morgan fingerprint density at radius 3 is 2.43 bits per heavy atom. The summed E-state index contributed by atoms with van der Waals surface area (Å²) in [5.74, 6) is 0. The second-order valence-corrected chi connectivity index (χ2v) is 3.03. The highest BCUT2D eigenvalue weighted by molar-refractivity contribution is 4.56. The van der Waals surface area contributed by atoms with Crippen molar-refractivity contribution in [3.05, 3.63) is 0 Å². The van der Waals surface area contributed by atoms with Crippen LogP contribution >= 0.6 is 0 Å². The summed E-state index contributed by atoms with van der Waals surface area (Å²) in [6.45, 7) is 3.10. The molecule has 0 fully saturated rings. The summed E-state index contributed by atoms with van der Waals surface area (Å²) >= 11 is 0. The van der Waals surface area contributed by atoms with Gasteiger partial charge < -0.3 is 25.4 Å². The Hall–Kier alpha value is -0.200. The van der Waals surface area contributed by atoms with Gasteiger partial charge in [0.25, 0.3) is 0 Å². The second kappa shape index (κ2) is 9.36. The van der Waals surface area contributed by atoms with Crippen LogP contribution in [0.2, 0.25) is 0 Å². The van der Waals surface area contributed by atoms with Crippen LogP contribution in [-0.2, 0) is 9.47 Å². The van der Waals surface area contributed by atoms with Crippen molar-refractivity contribution < 1.29 is 19.7 Å². The van der Waals surface area contributed by atoms with Gasteiger partial charge in [0.2, 0.25) is 0 Å². The Morgan fingerprint density at radius 1 is 1.29 bits per heavy atom. The van der Waals surface area contributed by atoms with Gasteiger partial charge >= 0.3 is 0 Å². The molecule has 0 saturated carbocycles. The number of ether oxygens (including phenoxy) is 2. The van der Waals surface area contributed by atoms with Gasteiger partial charge in [-0.05, 0) is 6.42 Å². The summed E-state index contributed by atoms with van der Waals surface area (Å²) in [5, 5.41) is 17.8. The summed E-state index contributed by atoms with van der Waals surface area (Å²) in [4.78, 5) is 0. The zero-order chi connectivity index (χ0) is 10.8. The fourth-order valence-corrected chi connectivity index (χ4v) is 0.930. The maximum Gasteiger partial charge on any atom is 0.160 e. The predicted octanol–water partition coefficient (Wildman–Crippen LogP) is -0.542. The summed E-state index contributed by atoms with van der Waals surface area (Å²) < 4.78 is 10.6. The lowest BCUT2D eigenvalue weighted by Crippen LogP contribution is -2.28. The Bertz CT molecular complexity index is 115. The van der Waals surface area contributed by atoms with Gasteiger partial charge in [-0.2, -0.15) is 0 Å². The normalized spacial score (nSPS) is 15.4. The predicted molar refractivity (Wildman–Crippen MR) is 52.7 cm³/mol. The van der Waals surface area contributed by atoms with E-state index in [9.17, 15) is 5.11 Å². The molecule has 0 aromatic carbocycles. The highest BCUT2D eigenvalue weighted by Crippen LogP contribution is 2.05. The monoisotopic (exact) mass is 207 g/mol. The van der Waals surface area contributed by atoms with Crippen molar-refractivity contribution in [2.75, 3.05) is 26.4 Å². The van der Waals surface area contributed by atoms with E-state index in [1.807, 2.05) is 6.92 Å². The summed E-state index contributed by atoms with van der Waals surface area (Å²) in [6.07, 6.45) is -0.107. The van der Waals surface area contributed by atoms with Gasteiger partial charge in [-0.25, -0.2) is 0 Å². The highest BCUT2D eigenvalue weighted by Gasteiger charge is 2.14. The van der Waals surface area contributed by atoms with Gasteiger partial charge in [0.1, 0.15) is 0 Å². The summed E-state index contributed by atoms with van der Waals surface area (Å²) in [5.41, 5.74) is 5.28. The minimum Gasteiger partial charge on any atom is -0.394 e. The molecule has 0 aromatic rings. The maximum atomic E-state index is 9.19. The number of rotatable bonds is 9. The molecule has 4 N–H and O–H groups in total. The van der Waals surface area contributed by atoms with Crippen molar-refractivity contribution in [2.45, 2.75) is 32.2 Å². The second-order valence-electron chi connectivity index (χ2n) is 3.03. The maximum absolute atomic E-state index is 9.19. The van der Waals surface area contributed by atoms with Crippen molar-refractivity contribution in [3.63, 3.8) is 0 Å². The molecular formula is C9H21NO4. The minimum absolute atomic E-state index is 0.274. The lowest BCUT2D eigenvalue weighted by atomic mass is 10.2. The van der Waals surface area contributed by atoms with Gasteiger partial charge in [-0.1, -0.05) is 6.92 Å². The molecule has 0 heterocycles. The molecule has 0 aliphatic rings. The van der Waals surface area contributed by atoms with Crippen LogP contribution in [0.15, 0.2) is 0 Å². The fraction of sp³-hybridized carbons (Fsp3) is 1.00. The lowest BCUT2D eigenvalue weighted by molar-refractivity contribution is -0.159. The Morgan fingerprint density at radius 2 is 1.93 bits per heavy atom. The van der Waals surface area contributed by atoms with E-state index in [0.29, 0.717) is 19.8 Å². The van der Waals surface area contributed by atoms with Crippen molar-refractivity contribution in [3.8, 4) is 0 Å². The topological polar surface area (TPSA) is 84.9 Å². The lowest BCUT2D eigenvalue weighted by Gasteiger charge is -2.19. The van der Waals surface area contributed by atoms with E-state index in [4.69, 9.17) is 20.3 Å². The molecule has 0 amide bonds. The van der Waals surface area contributed by atoms with Gasteiger partial charge in [0.05, 0.1) is 19.3 Å². The van der Waals surface area contributed by atoms with Crippen LogP contribution < -0.4 is 5.73 Å². The number of aliphatic hydroxyl groups excluding tert-OH is 2. The first kappa shape index (κ1) is 13.8. The average molecular weight is 207 g/mol. The highest BCUT2D eigenvalue weighted by atomic mass is 16.7. The van der Waals surface area contributed by atoms with Gasteiger partial charge in [0.15, 0.2) is 6.29 Å². The van der Waals surface area contributed by atoms with Gasteiger partial charge in [-0.3, -0.25) is 0 Å². The van der Waals surface area contributed by atoms with Crippen LogP contribution in [0.5, 0.6) is 0 Å². The van der Waals surface area contributed by atoms with Crippen molar-refractivity contribution in [1.29, 1.82) is 0 Å². The molecule has 5 heteroatoms. The van der Waals surface area contributed by atoms with Gasteiger partial charge in [-0.15, -0.1) is 0 Å². The Balaban J connectivity index is 3.71. The smallest absolute Gasteiger partial charge is 0.160 e. The summed E-state index contributed by atoms with van der Waals surface area (Å²) in [6, 6.07) is 0. The molecule has 0 bridgehead atoms. The summed E-state index contributed by atoms with van der Waals surface area (Å²) in [7, 11) is 0. The molecule has 0 aliphatic heterocycles. The molecule has 2 atom stereocenters. The molecule has 14 heavy (non-hydrogen) atoms. The van der Waals surface area contributed by atoms with Crippen LogP contribution in [-0.4, -0.2) is 49.0 Å².